The van der Waals surface area contributed by atoms with E-state index in [1.807, 2.05) is 0 Å². The number of hydrogen-bond acceptors (Lipinski definition) is 5. The topological polar surface area (TPSA) is 96.6 Å². The number of aromatic nitrogens is 1. The molecule has 0 spiro atoms. The van der Waals surface area contributed by atoms with Crippen LogP contribution in [0.3, 0.4) is 0 Å². The van der Waals surface area contributed by atoms with Crippen LogP contribution < -0.4 is 4.90 Å². The highest BCUT2D eigenvalue weighted by molar-refractivity contribution is 6.30. The first-order chi connectivity index (χ1) is 9.10. The van der Waals surface area contributed by atoms with Gasteiger partial charge >= 0.3 is 17.8 Å². The maximum atomic E-state index is 12.4. The lowest BCUT2D eigenvalue weighted by Gasteiger charge is -2.22. The van der Waals surface area contributed by atoms with Crippen molar-refractivity contribution < 1.29 is 28.0 Å². The van der Waals surface area contributed by atoms with Gasteiger partial charge in [0.25, 0.3) is 0 Å². The van der Waals surface area contributed by atoms with Gasteiger partial charge in [0.1, 0.15) is 13.1 Å². The monoisotopic (exact) mass is 313 g/mol. The van der Waals surface area contributed by atoms with Crippen molar-refractivity contribution in [3.8, 4) is 0 Å². The van der Waals surface area contributed by atoms with Crippen molar-refractivity contribution in [2.75, 3.05) is 18.0 Å². The first kappa shape index (κ1) is 16.0. The Bertz CT molecular complexity index is 538. The molecule has 0 aliphatic carbocycles. The molecule has 0 aromatic carbocycles. The number of nitrogens with zero attached hydrogens (tertiary/aromatic N) is 3. The molecular formula is C9H7ClF3N3O4. The van der Waals surface area contributed by atoms with Crippen molar-refractivity contribution in [3.63, 3.8) is 0 Å². The predicted molar refractivity (Wildman–Crippen MR) is 61.8 cm³/mol. The first-order valence-electron chi connectivity index (χ1n) is 4.93. The number of rotatable bonds is 5. The SMILES string of the molecule is O=C(O)CN(CC(F)(F)F)c1ncc(Cl)cc1[N+](=O)[O-]. The van der Waals surface area contributed by atoms with E-state index in [1.54, 1.807) is 0 Å². The lowest BCUT2D eigenvalue weighted by Crippen LogP contribution is -2.38. The summed E-state index contributed by atoms with van der Waals surface area (Å²) >= 11 is 5.48. The van der Waals surface area contributed by atoms with Crippen LogP contribution in [-0.2, 0) is 4.79 Å². The third-order valence-electron chi connectivity index (χ3n) is 2.01. The average Bonchev–Trinajstić information content (AvgIpc) is 2.25. The Morgan fingerprint density at radius 3 is 2.60 bits per heavy atom. The van der Waals surface area contributed by atoms with Crippen molar-refractivity contribution in [1.29, 1.82) is 0 Å². The van der Waals surface area contributed by atoms with Crippen molar-refractivity contribution in [2.45, 2.75) is 6.18 Å². The highest BCUT2D eigenvalue weighted by Gasteiger charge is 2.35. The van der Waals surface area contributed by atoms with Crippen LogP contribution in [0.2, 0.25) is 5.02 Å². The van der Waals surface area contributed by atoms with Crippen LogP contribution in [0.25, 0.3) is 0 Å². The minimum atomic E-state index is -4.75. The fourth-order valence-electron chi connectivity index (χ4n) is 1.38. The lowest BCUT2D eigenvalue weighted by molar-refractivity contribution is -0.384. The molecule has 0 bridgehead atoms. The average molecular weight is 314 g/mol. The Kier molecular flexibility index (Phi) is 4.71. The van der Waals surface area contributed by atoms with Gasteiger partial charge in [0.2, 0.25) is 5.82 Å². The molecule has 0 saturated heterocycles. The van der Waals surface area contributed by atoms with E-state index >= 15 is 0 Å². The highest BCUT2D eigenvalue weighted by Crippen LogP contribution is 2.30. The van der Waals surface area contributed by atoms with Gasteiger partial charge in [-0.1, -0.05) is 11.6 Å². The number of aliphatic carboxylic acids is 1. The maximum absolute atomic E-state index is 12.4. The lowest BCUT2D eigenvalue weighted by atomic mass is 10.3. The van der Waals surface area contributed by atoms with Gasteiger partial charge in [0.15, 0.2) is 0 Å². The molecule has 0 unspecified atom stereocenters. The predicted octanol–water partition coefficient (Wildman–Crippen LogP) is 2.10. The number of anilines is 1. The van der Waals surface area contributed by atoms with E-state index in [0.29, 0.717) is 0 Å². The summed E-state index contributed by atoms with van der Waals surface area (Å²) in [6.07, 6.45) is -3.85. The summed E-state index contributed by atoms with van der Waals surface area (Å²) in [4.78, 5) is 24.1. The summed E-state index contributed by atoms with van der Waals surface area (Å²) in [5.74, 6) is -2.29. The number of pyridine rings is 1. The van der Waals surface area contributed by atoms with Crippen molar-refractivity contribution >= 4 is 29.1 Å². The van der Waals surface area contributed by atoms with E-state index < -0.39 is 41.7 Å². The molecule has 0 radical (unpaired) electrons. The van der Waals surface area contributed by atoms with Gasteiger partial charge < -0.3 is 10.0 Å². The van der Waals surface area contributed by atoms with E-state index in [2.05, 4.69) is 4.98 Å². The summed E-state index contributed by atoms with van der Waals surface area (Å²) in [7, 11) is 0. The minimum absolute atomic E-state index is 0.150. The molecular weight excluding hydrogens is 307 g/mol. The van der Waals surface area contributed by atoms with Crippen LogP contribution in [0.4, 0.5) is 24.7 Å². The smallest absolute Gasteiger partial charge is 0.405 e. The van der Waals surface area contributed by atoms with Crippen LogP contribution in [0, 0.1) is 10.1 Å². The second-order valence-corrected chi connectivity index (χ2v) is 4.05. The van der Waals surface area contributed by atoms with E-state index in [4.69, 9.17) is 16.7 Å². The molecule has 11 heteroatoms. The van der Waals surface area contributed by atoms with Gasteiger partial charge in [-0.25, -0.2) is 4.98 Å². The van der Waals surface area contributed by atoms with E-state index in [0.717, 1.165) is 12.3 Å². The van der Waals surface area contributed by atoms with Gasteiger partial charge in [0.05, 0.1) is 9.95 Å². The molecule has 0 amide bonds. The quantitative estimate of drug-likeness (QED) is 0.660. The minimum Gasteiger partial charge on any atom is -0.480 e. The summed E-state index contributed by atoms with van der Waals surface area (Å²) < 4.78 is 37.2. The van der Waals surface area contributed by atoms with Crippen LogP contribution in [-0.4, -0.2) is 40.2 Å². The van der Waals surface area contributed by atoms with Gasteiger partial charge in [-0.05, 0) is 0 Å². The fraction of sp³-hybridized carbons (Fsp3) is 0.333. The van der Waals surface area contributed by atoms with Crippen LogP contribution >= 0.6 is 11.6 Å². The normalized spacial score (nSPS) is 11.2. The number of nitro groups is 1. The Morgan fingerprint density at radius 1 is 1.55 bits per heavy atom. The van der Waals surface area contributed by atoms with Crippen molar-refractivity contribution in [2.24, 2.45) is 0 Å². The van der Waals surface area contributed by atoms with Crippen LogP contribution in [0.5, 0.6) is 0 Å². The summed E-state index contributed by atoms with van der Waals surface area (Å²) in [6, 6.07) is 0.801. The molecule has 1 aromatic rings. The number of carboxylic acid groups (broad SMARTS) is 1. The molecule has 1 heterocycles. The zero-order valence-corrected chi connectivity index (χ0v) is 10.4. The molecule has 0 atom stereocenters. The molecule has 1 aromatic heterocycles. The zero-order valence-electron chi connectivity index (χ0n) is 9.59. The van der Waals surface area contributed by atoms with Crippen molar-refractivity contribution in [1.82, 2.24) is 4.98 Å². The van der Waals surface area contributed by atoms with Gasteiger partial charge in [0, 0.05) is 12.3 Å². The molecule has 1 N–H and O–H groups in total. The molecule has 7 nitrogen and oxygen atoms in total. The fourth-order valence-corrected chi connectivity index (χ4v) is 1.54. The maximum Gasteiger partial charge on any atom is 0.405 e. The number of carboxylic acids is 1. The largest absolute Gasteiger partial charge is 0.480 e. The third kappa shape index (κ3) is 4.53. The highest BCUT2D eigenvalue weighted by atomic mass is 35.5. The van der Waals surface area contributed by atoms with Crippen LogP contribution in [0.15, 0.2) is 12.3 Å². The molecule has 1 rings (SSSR count). The summed E-state index contributed by atoms with van der Waals surface area (Å²) in [5, 5.41) is 19.2. The number of halogens is 4. The molecule has 0 saturated carbocycles. The number of alkyl halides is 3. The molecule has 0 aliphatic heterocycles. The van der Waals surface area contributed by atoms with Gasteiger partial charge in [-0.3, -0.25) is 14.9 Å². The van der Waals surface area contributed by atoms with E-state index in [-0.39, 0.29) is 9.92 Å². The Labute approximate surface area is 114 Å². The first-order valence-corrected chi connectivity index (χ1v) is 5.31. The molecule has 0 fully saturated rings. The summed E-state index contributed by atoms with van der Waals surface area (Å²) in [6.45, 7) is -2.77. The molecule has 110 valence electrons. The molecule has 0 aliphatic rings. The zero-order chi connectivity index (χ0) is 15.5. The second-order valence-electron chi connectivity index (χ2n) is 3.62. The van der Waals surface area contributed by atoms with Crippen LogP contribution in [0.1, 0.15) is 0 Å². The second kappa shape index (κ2) is 5.90. The van der Waals surface area contributed by atoms with E-state index in [9.17, 15) is 28.1 Å². The molecule has 20 heavy (non-hydrogen) atoms. The van der Waals surface area contributed by atoms with E-state index in [1.165, 1.54) is 0 Å². The standard InChI is InChI=1S/C9H7ClF3N3O4/c10-5-1-6(16(19)20)8(14-2-5)15(3-7(17)18)4-9(11,12)13/h1-2H,3-4H2,(H,17,18). The Morgan fingerprint density at radius 2 is 2.15 bits per heavy atom. The summed E-state index contributed by atoms with van der Waals surface area (Å²) in [5.41, 5.74) is -0.803. The third-order valence-corrected chi connectivity index (χ3v) is 2.21. The Hall–Kier alpha value is -2.10. The van der Waals surface area contributed by atoms with Crippen molar-refractivity contribution in [3.05, 3.63) is 27.4 Å². The number of hydrogen-bond donors (Lipinski definition) is 1. The Balaban J connectivity index is 3.25. The van der Waals surface area contributed by atoms with Gasteiger partial charge in [-0.2, -0.15) is 13.2 Å². The van der Waals surface area contributed by atoms with Gasteiger partial charge in [-0.15, -0.1) is 0 Å². The number of carbonyl (C=O) groups is 1.